The van der Waals surface area contributed by atoms with Crippen molar-refractivity contribution in [2.45, 2.75) is 32.2 Å². The highest BCUT2D eigenvalue weighted by Crippen LogP contribution is 2.25. The number of aliphatic hydroxyl groups is 1. The molecule has 1 atom stereocenters. The van der Waals surface area contributed by atoms with Gasteiger partial charge >= 0.3 is 6.03 Å². The summed E-state index contributed by atoms with van der Waals surface area (Å²) in [4.78, 5) is 14.1. The van der Waals surface area contributed by atoms with E-state index in [0.717, 1.165) is 24.6 Å². The highest BCUT2D eigenvalue weighted by atomic mass is 16.3. The summed E-state index contributed by atoms with van der Waals surface area (Å²) in [6.45, 7) is 5.10. The average Bonchev–Trinajstić information content (AvgIpc) is 3.12. The molecule has 2 heterocycles. The van der Waals surface area contributed by atoms with Gasteiger partial charge in [0.05, 0.1) is 6.04 Å². The number of nitrogens with one attached hydrogen (secondary N) is 2. The molecule has 6 heteroatoms. The van der Waals surface area contributed by atoms with Gasteiger partial charge in [-0.05, 0) is 51.4 Å². The van der Waals surface area contributed by atoms with Crippen molar-refractivity contribution in [2.75, 3.05) is 32.8 Å². The molecule has 1 aromatic heterocycles. The lowest BCUT2D eigenvalue weighted by Gasteiger charge is -2.26. The molecular formula is C15H25N3O3. The molecule has 1 aromatic rings. The van der Waals surface area contributed by atoms with Crippen molar-refractivity contribution in [3.63, 3.8) is 0 Å². The lowest BCUT2D eigenvalue weighted by atomic mass is 10.2. The van der Waals surface area contributed by atoms with Gasteiger partial charge in [0, 0.05) is 19.7 Å². The summed E-state index contributed by atoms with van der Waals surface area (Å²) in [5.74, 6) is 1.80. The Kier molecular flexibility index (Phi) is 6.07. The number of furan rings is 1. The van der Waals surface area contributed by atoms with Crippen LogP contribution in [0.5, 0.6) is 0 Å². The number of amides is 2. The second-order valence-electron chi connectivity index (χ2n) is 5.42. The van der Waals surface area contributed by atoms with Gasteiger partial charge in [0.25, 0.3) is 0 Å². The molecule has 1 fully saturated rings. The molecule has 0 spiro atoms. The fourth-order valence-corrected chi connectivity index (χ4v) is 2.63. The van der Waals surface area contributed by atoms with E-state index in [2.05, 4.69) is 15.5 Å². The molecule has 0 radical (unpaired) electrons. The third-order valence-electron chi connectivity index (χ3n) is 3.75. The van der Waals surface area contributed by atoms with Crippen LogP contribution in [-0.2, 0) is 0 Å². The normalized spacial score (nSPS) is 16.9. The molecule has 21 heavy (non-hydrogen) atoms. The molecule has 2 amide bonds. The smallest absolute Gasteiger partial charge is 0.314 e. The van der Waals surface area contributed by atoms with E-state index in [4.69, 9.17) is 9.52 Å². The van der Waals surface area contributed by atoms with E-state index < -0.39 is 0 Å². The van der Waals surface area contributed by atoms with Gasteiger partial charge in [-0.2, -0.15) is 0 Å². The fraction of sp³-hybridized carbons (Fsp3) is 0.667. The van der Waals surface area contributed by atoms with Gasteiger partial charge in [0.2, 0.25) is 0 Å². The lowest BCUT2D eigenvalue weighted by Crippen LogP contribution is -2.41. The van der Waals surface area contributed by atoms with Crippen molar-refractivity contribution >= 4 is 6.03 Å². The van der Waals surface area contributed by atoms with Crippen molar-refractivity contribution in [1.82, 2.24) is 15.5 Å². The summed E-state index contributed by atoms with van der Waals surface area (Å²) in [5, 5.41) is 14.3. The van der Waals surface area contributed by atoms with Gasteiger partial charge in [-0.1, -0.05) is 0 Å². The molecular weight excluding hydrogens is 270 g/mol. The average molecular weight is 295 g/mol. The molecule has 2 rings (SSSR count). The number of rotatable bonds is 7. The molecule has 1 saturated heterocycles. The highest BCUT2D eigenvalue weighted by Gasteiger charge is 2.26. The molecule has 0 bridgehead atoms. The van der Waals surface area contributed by atoms with E-state index in [-0.39, 0.29) is 18.7 Å². The van der Waals surface area contributed by atoms with Crippen LogP contribution >= 0.6 is 0 Å². The molecule has 0 aliphatic carbocycles. The number of hydrogen-bond acceptors (Lipinski definition) is 4. The predicted octanol–water partition coefficient (Wildman–Crippen LogP) is 1.41. The number of likely N-dealkylation sites (tertiary alicyclic amines) is 1. The van der Waals surface area contributed by atoms with Crippen LogP contribution in [0.1, 0.15) is 36.8 Å². The summed E-state index contributed by atoms with van der Waals surface area (Å²) in [6, 6.07) is 3.84. The van der Waals surface area contributed by atoms with Gasteiger partial charge < -0.3 is 20.2 Å². The minimum atomic E-state index is -0.198. The predicted molar refractivity (Wildman–Crippen MR) is 80.1 cm³/mol. The summed E-state index contributed by atoms with van der Waals surface area (Å²) < 4.78 is 5.74. The fourth-order valence-electron chi connectivity index (χ4n) is 2.63. The van der Waals surface area contributed by atoms with E-state index in [1.165, 1.54) is 12.8 Å². The Morgan fingerprint density at radius 3 is 2.76 bits per heavy atom. The Labute approximate surface area is 125 Å². The van der Waals surface area contributed by atoms with Crippen LogP contribution in [0.3, 0.4) is 0 Å². The monoisotopic (exact) mass is 295 g/mol. The Morgan fingerprint density at radius 2 is 2.14 bits per heavy atom. The van der Waals surface area contributed by atoms with Crippen LogP contribution in [0.4, 0.5) is 4.79 Å². The van der Waals surface area contributed by atoms with Gasteiger partial charge in [-0.3, -0.25) is 4.90 Å². The van der Waals surface area contributed by atoms with Crippen molar-refractivity contribution in [3.05, 3.63) is 23.7 Å². The van der Waals surface area contributed by atoms with Crippen LogP contribution in [0, 0.1) is 6.92 Å². The highest BCUT2D eigenvalue weighted by molar-refractivity contribution is 5.73. The second kappa shape index (κ2) is 8.05. The number of carbonyl (C=O) groups excluding carboxylic acids is 1. The van der Waals surface area contributed by atoms with E-state index >= 15 is 0 Å². The SMILES string of the molecule is Cc1ccc(C(CNC(=O)NCCCO)N2CCCC2)o1. The van der Waals surface area contributed by atoms with Crippen molar-refractivity contribution in [3.8, 4) is 0 Å². The van der Waals surface area contributed by atoms with Crippen molar-refractivity contribution in [2.24, 2.45) is 0 Å². The molecule has 1 aliphatic heterocycles. The first-order valence-electron chi connectivity index (χ1n) is 7.63. The van der Waals surface area contributed by atoms with Crippen LogP contribution in [0.2, 0.25) is 0 Å². The van der Waals surface area contributed by atoms with Gasteiger partial charge in [0.15, 0.2) is 0 Å². The van der Waals surface area contributed by atoms with E-state index in [0.29, 0.717) is 19.5 Å². The number of hydrogen-bond donors (Lipinski definition) is 3. The Hall–Kier alpha value is -1.53. The standard InChI is InChI=1S/C15H25N3O3/c1-12-5-6-14(21-12)13(18-8-2-3-9-18)11-17-15(20)16-7-4-10-19/h5-6,13,19H,2-4,7-11H2,1H3,(H2,16,17,20). The maximum Gasteiger partial charge on any atom is 0.314 e. The maximum atomic E-state index is 11.7. The zero-order chi connectivity index (χ0) is 15.1. The molecule has 6 nitrogen and oxygen atoms in total. The van der Waals surface area contributed by atoms with E-state index in [9.17, 15) is 4.79 Å². The second-order valence-corrected chi connectivity index (χ2v) is 5.42. The van der Waals surface area contributed by atoms with E-state index in [1.807, 2.05) is 19.1 Å². The minimum absolute atomic E-state index is 0.0857. The summed E-state index contributed by atoms with van der Waals surface area (Å²) in [7, 11) is 0. The number of nitrogens with zero attached hydrogens (tertiary/aromatic N) is 1. The molecule has 1 aliphatic rings. The number of aliphatic hydroxyl groups excluding tert-OH is 1. The summed E-state index contributed by atoms with van der Waals surface area (Å²) in [6.07, 6.45) is 2.96. The van der Waals surface area contributed by atoms with Crippen molar-refractivity contribution in [1.29, 1.82) is 0 Å². The van der Waals surface area contributed by atoms with Crippen LogP contribution in [0.15, 0.2) is 16.5 Å². The van der Waals surface area contributed by atoms with Gasteiger partial charge in [-0.25, -0.2) is 4.79 Å². The summed E-state index contributed by atoms with van der Waals surface area (Å²) >= 11 is 0. The number of urea groups is 1. The number of aryl methyl sites for hydroxylation is 1. The molecule has 0 saturated carbocycles. The number of carbonyl (C=O) groups is 1. The van der Waals surface area contributed by atoms with Gasteiger partial charge in [-0.15, -0.1) is 0 Å². The largest absolute Gasteiger partial charge is 0.465 e. The lowest BCUT2D eigenvalue weighted by molar-refractivity contribution is 0.201. The molecule has 0 aromatic carbocycles. The zero-order valence-electron chi connectivity index (χ0n) is 12.6. The first-order valence-corrected chi connectivity index (χ1v) is 7.63. The Balaban J connectivity index is 1.88. The van der Waals surface area contributed by atoms with Crippen molar-refractivity contribution < 1.29 is 14.3 Å². The topological polar surface area (TPSA) is 77.7 Å². The first-order chi connectivity index (χ1) is 10.2. The minimum Gasteiger partial charge on any atom is -0.465 e. The maximum absolute atomic E-state index is 11.7. The van der Waals surface area contributed by atoms with Crippen LogP contribution < -0.4 is 10.6 Å². The van der Waals surface area contributed by atoms with E-state index in [1.54, 1.807) is 0 Å². The molecule has 1 unspecified atom stereocenters. The molecule has 3 N–H and O–H groups in total. The third kappa shape index (κ3) is 4.75. The molecule has 118 valence electrons. The Morgan fingerprint density at radius 1 is 1.38 bits per heavy atom. The van der Waals surface area contributed by atoms with Crippen LogP contribution in [0.25, 0.3) is 0 Å². The zero-order valence-corrected chi connectivity index (χ0v) is 12.6. The summed E-state index contributed by atoms with van der Waals surface area (Å²) in [5.41, 5.74) is 0. The first kappa shape index (κ1) is 15.9. The Bertz CT molecular complexity index is 441. The van der Waals surface area contributed by atoms with Gasteiger partial charge in [0.1, 0.15) is 11.5 Å². The van der Waals surface area contributed by atoms with Crippen LogP contribution in [-0.4, -0.2) is 48.8 Å². The quantitative estimate of drug-likeness (QED) is 0.665. The third-order valence-corrected chi connectivity index (χ3v) is 3.75.